The van der Waals surface area contributed by atoms with Crippen LogP contribution in [0.25, 0.3) is 0 Å². The Bertz CT molecular complexity index is 446. The van der Waals surface area contributed by atoms with E-state index in [0.717, 1.165) is 0 Å². The zero-order valence-corrected chi connectivity index (χ0v) is 30.9. The molecule has 221 valence electrons. The van der Waals surface area contributed by atoms with Crippen molar-refractivity contribution in [2.45, 2.75) is 148 Å². The van der Waals surface area contributed by atoms with E-state index >= 15 is 0 Å². The van der Waals surface area contributed by atoms with Gasteiger partial charge in [0, 0.05) is 17.1 Å². The maximum Gasteiger partial charge on any atom is 0 e. The summed E-state index contributed by atoms with van der Waals surface area (Å²) in [5.41, 5.74) is 3.57. The van der Waals surface area contributed by atoms with Crippen molar-refractivity contribution in [2.24, 2.45) is 0 Å². The van der Waals surface area contributed by atoms with Crippen LogP contribution in [0.4, 0.5) is 0 Å². The number of rotatable bonds is 3. The minimum Gasteiger partial charge on any atom is -0.545 e. The Kier molecular flexibility index (Phi) is 34.1. The first-order valence-electron chi connectivity index (χ1n) is 13.8. The van der Waals surface area contributed by atoms with Gasteiger partial charge in [-0.25, -0.2) is 0 Å². The second-order valence-corrected chi connectivity index (χ2v) is 13.5. The molecular weight excluding hydrogens is 756 g/mol. The van der Waals surface area contributed by atoms with Crippen LogP contribution in [0.1, 0.15) is 131 Å². The molecule has 0 aliphatic heterocycles. The Hall–Kier alpha value is 2.05. The van der Waals surface area contributed by atoms with Crippen LogP contribution in [0, 0.1) is 36.2 Å². The van der Waals surface area contributed by atoms with Gasteiger partial charge in [0.2, 0.25) is 0 Å². The first-order valence-corrected chi connectivity index (χ1v) is 19.8. The molecule has 0 saturated heterocycles. The largest absolute Gasteiger partial charge is 0.545 e. The Morgan fingerprint density at radius 2 is 0.763 bits per heavy atom. The Balaban J connectivity index is -0.000000551. The molecule has 0 amide bonds. The van der Waals surface area contributed by atoms with Gasteiger partial charge < -0.3 is 4.79 Å². The molecule has 0 unspecified atom stereocenters. The average Bonchev–Trinajstić information content (AvgIpc) is 3.17. The molecule has 4 aliphatic carbocycles. The summed E-state index contributed by atoms with van der Waals surface area (Å²) < 4.78 is 7.50. The molecule has 0 aromatic rings. The summed E-state index contributed by atoms with van der Waals surface area (Å²) in [7, 11) is 0.385. The van der Waals surface area contributed by atoms with Gasteiger partial charge in [0.05, 0.1) is 0 Å². The molecule has 8 heteroatoms. The average molecular weight is 806 g/mol. The molecule has 0 heterocycles. The summed E-state index contributed by atoms with van der Waals surface area (Å²) >= 11 is 7.79. The van der Waals surface area contributed by atoms with Gasteiger partial charge >= 0.3 is 41.9 Å². The molecule has 0 bridgehead atoms. The molecule has 7 radical (unpaired) electrons. The number of hydrogen-bond acceptors (Lipinski definition) is 1. The maximum absolute atomic E-state index is 7.75. The van der Waals surface area contributed by atoms with Gasteiger partial charge in [0.15, 0.2) is 6.67 Å². The van der Waals surface area contributed by atoms with Gasteiger partial charge in [-0.1, -0.05) is 100 Å². The fraction of sp³-hybridized carbons (Fsp3) is 0.767. The van der Waals surface area contributed by atoms with Gasteiger partial charge in [-0.05, 0) is 85.1 Å². The van der Waals surface area contributed by atoms with E-state index in [1.165, 1.54) is 65.8 Å². The van der Waals surface area contributed by atoms with E-state index in [4.69, 9.17) is 9.45 Å². The van der Waals surface area contributed by atoms with E-state index < -0.39 is 0 Å². The minimum atomic E-state index is 0. The first-order chi connectivity index (χ1) is 18.0. The summed E-state index contributed by atoms with van der Waals surface area (Å²) in [5, 5.41) is 0. The summed E-state index contributed by atoms with van der Waals surface area (Å²) in [6, 6.07) is 0. The van der Waals surface area contributed by atoms with E-state index in [2.05, 4.69) is 101 Å². The van der Waals surface area contributed by atoms with Crippen molar-refractivity contribution in [3.05, 3.63) is 36.2 Å². The van der Waals surface area contributed by atoms with Gasteiger partial charge in [0.1, 0.15) is 0 Å². The predicted octanol–water partition coefficient (Wildman–Crippen LogP) is 10.4. The fourth-order valence-corrected chi connectivity index (χ4v) is 11.1. The van der Waals surface area contributed by atoms with Crippen LogP contribution in [0.5, 0.6) is 0 Å². The quantitative estimate of drug-likeness (QED) is 0.0921. The third-order valence-corrected chi connectivity index (χ3v) is 12.9. The number of hydrogen-bond donors (Lipinski definition) is 0. The van der Waals surface area contributed by atoms with Gasteiger partial charge in [-0.3, -0.25) is 6.79 Å². The Labute approximate surface area is 276 Å². The van der Waals surface area contributed by atoms with E-state index in [-0.39, 0.29) is 17.1 Å². The molecule has 0 spiro atoms. The van der Waals surface area contributed by atoms with E-state index in [9.17, 15) is 0 Å². The summed E-state index contributed by atoms with van der Waals surface area (Å²) in [6.07, 6.45) is 23.6. The van der Waals surface area contributed by atoms with E-state index in [1.807, 2.05) is 0 Å². The van der Waals surface area contributed by atoms with E-state index in [1.54, 1.807) is 77.0 Å². The minimum absolute atomic E-state index is 0. The summed E-state index contributed by atoms with van der Waals surface area (Å²) in [6.45, 7) is 23.1. The van der Waals surface area contributed by atoms with Crippen molar-refractivity contribution in [1.82, 2.24) is 0 Å². The fourth-order valence-electron chi connectivity index (χ4n) is 6.44. The standard InChI is InChI=1S/C18H33P.C10H15.CHO.CO.BBr.BrH.Fe.Pd/c1-4-10-16(11-5-1)19(17-12-6-2-7-13-17)18-14-8-3-9-15-18;1-6-7(2)9(4)10(5)8(6)3;3*1-2;;;/h16-18H,1-15H2;1-5H3;1H;;;1H;;/q;;-1;;;;;+2/p-1. The second kappa shape index (κ2) is 29.1. The van der Waals surface area contributed by atoms with Crippen molar-refractivity contribution < 1.29 is 43.7 Å². The molecule has 38 heavy (non-hydrogen) atoms. The van der Waals surface area contributed by atoms with Gasteiger partial charge in [-0.15, -0.1) is 0 Å². The Morgan fingerprint density at radius 1 is 0.605 bits per heavy atom. The van der Waals surface area contributed by atoms with Crippen LogP contribution >= 0.6 is 37.1 Å². The van der Waals surface area contributed by atoms with E-state index in [0.29, 0.717) is 7.92 Å². The van der Waals surface area contributed by atoms with Crippen molar-refractivity contribution in [3.8, 4) is 0 Å². The SMILES string of the molecule is C1CCC(P(C2CCCCC2)C2CCCCC2)CC1.C[C]1[C](C)[C](C)[C](C)[C]1C.[B]Br.[Br][Pd+].[C-]#[O+].[CH-]=O.[Fe]. The monoisotopic (exact) mass is 803 g/mol. The topological polar surface area (TPSA) is 37.0 Å². The third-order valence-electron chi connectivity index (χ3n) is 8.80. The van der Waals surface area contributed by atoms with Crippen LogP contribution in [0.2, 0.25) is 0 Å². The normalized spacial score (nSPS) is 22.4. The Morgan fingerprint density at radius 3 is 0.921 bits per heavy atom. The summed E-state index contributed by atoms with van der Waals surface area (Å²) in [4.78, 5) is 7.75. The molecule has 2 nitrogen and oxygen atoms in total. The smallest absolute Gasteiger partial charge is 0 e. The van der Waals surface area contributed by atoms with Crippen LogP contribution in [-0.2, 0) is 43.7 Å². The number of carbonyl (C=O) groups excluding carboxylic acids is 1. The van der Waals surface area contributed by atoms with Crippen LogP contribution < -0.4 is 0 Å². The first kappa shape index (κ1) is 44.5. The van der Waals surface area contributed by atoms with Crippen molar-refractivity contribution in [1.29, 1.82) is 0 Å². The van der Waals surface area contributed by atoms with Crippen molar-refractivity contribution >= 4 is 50.6 Å². The predicted molar refractivity (Wildman–Crippen MR) is 166 cm³/mol. The molecule has 0 N–H and O–H groups in total. The van der Waals surface area contributed by atoms with Gasteiger partial charge in [-0.2, -0.15) is 15.8 Å². The zero-order valence-electron chi connectivity index (χ0n) is 24.2. The van der Waals surface area contributed by atoms with Gasteiger partial charge in [0.25, 0.3) is 0 Å². The van der Waals surface area contributed by atoms with Crippen molar-refractivity contribution in [2.75, 3.05) is 0 Å². The molecule has 0 atom stereocenters. The summed E-state index contributed by atoms with van der Waals surface area (Å²) in [5.74, 6) is 7.34. The number of halogens is 2. The molecule has 4 rings (SSSR count). The third kappa shape index (κ3) is 15.5. The molecule has 4 fully saturated rings. The molecule has 4 aliphatic rings. The second-order valence-electron chi connectivity index (χ2n) is 10.4. The zero-order chi connectivity index (χ0) is 28.8. The molecule has 0 aromatic heterocycles. The maximum atomic E-state index is 7.75. The van der Waals surface area contributed by atoms with Crippen LogP contribution in [0.15, 0.2) is 0 Å². The van der Waals surface area contributed by atoms with Crippen LogP contribution in [0.3, 0.4) is 0 Å². The van der Waals surface area contributed by atoms with Crippen molar-refractivity contribution in [3.63, 3.8) is 0 Å². The molecule has 4 saturated carbocycles. The molecular formula is C30H49BBr2FeO2PPd. The molecule has 0 aromatic carbocycles. The van der Waals surface area contributed by atoms with Crippen LogP contribution in [-0.4, -0.2) is 30.4 Å².